The molecule has 18 heavy (non-hydrogen) atoms. The van der Waals surface area contributed by atoms with E-state index in [2.05, 4.69) is 4.90 Å². The fourth-order valence-electron chi connectivity index (χ4n) is 3.55. The summed E-state index contributed by atoms with van der Waals surface area (Å²) >= 11 is 0. The van der Waals surface area contributed by atoms with E-state index in [-0.39, 0.29) is 5.91 Å². The van der Waals surface area contributed by atoms with E-state index in [1.165, 1.54) is 38.6 Å². The van der Waals surface area contributed by atoms with Crippen LogP contribution in [0.3, 0.4) is 0 Å². The number of rotatable bonds is 5. The quantitative estimate of drug-likeness (QED) is 0.774. The van der Waals surface area contributed by atoms with Crippen molar-refractivity contribution in [2.75, 3.05) is 13.1 Å². The molecule has 0 aromatic rings. The first-order chi connectivity index (χ1) is 8.50. The van der Waals surface area contributed by atoms with Gasteiger partial charge in [0.2, 0.25) is 5.91 Å². The van der Waals surface area contributed by atoms with E-state index < -0.39 is 5.54 Å². The second kappa shape index (κ2) is 5.57. The molecule has 2 aliphatic rings. The van der Waals surface area contributed by atoms with Crippen molar-refractivity contribution < 1.29 is 4.79 Å². The number of hydrogen-bond acceptors (Lipinski definition) is 3. The summed E-state index contributed by atoms with van der Waals surface area (Å²) in [7, 11) is 0. The Bertz CT molecular complexity index is 303. The molecule has 1 saturated heterocycles. The number of nitrogens with zero attached hydrogens (tertiary/aromatic N) is 1. The average Bonchev–Trinajstić information content (AvgIpc) is 2.72. The third-order valence-corrected chi connectivity index (χ3v) is 4.83. The highest BCUT2D eigenvalue weighted by Gasteiger charge is 2.35. The zero-order valence-electron chi connectivity index (χ0n) is 11.5. The first-order valence-electron chi connectivity index (χ1n) is 7.33. The Morgan fingerprint density at radius 2 is 2.06 bits per heavy atom. The fraction of sp³-hybridized carbons (Fsp3) is 0.929. The van der Waals surface area contributed by atoms with Gasteiger partial charge in [-0.25, -0.2) is 0 Å². The lowest BCUT2D eigenvalue weighted by atomic mass is 9.85. The second-order valence-corrected chi connectivity index (χ2v) is 6.32. The Morgan fingerprint density at radius 1 is 1.33 bits per heavy atom. The molecule has 0 aromatic heterocycles. The van der Waals surface area contributed by atoms with Gasteiger partial charge in [0.1, 0.15) is 0 Å². The lowest BCUT2D eigenvalue weighted by molar-refractivity contribution is -0.122. The van der Waals surface area contributed by atoms with Crippen molar-refractivity contribution in [1.29, 1.82) is 0 Å². The van der Waals surface area contributed by atoms with Gasteiger partial charge in [0, 0.05) is 6.04 Å². The molecule has 1 amide bonds. The Balaban J connectivity index is 1.76. The van der Waals surface area contributed by atoms with Crippen molar-refractivity contribution in [2.24, 2.45) is 17.4 Å². The van der Waals surface area contributed by atoms with E-state index in [4.69, 9.17) is 11.5 Å². The highest BCUT2D eigenvalue weighted by atomic mass is 16.1. The van der Waals surface area contributed by atoms with Gasteiger partial charge in [0.05, 0.1) is 5.54 Å². The van der Waals surface area contributed by atoms with Crippen LogP contribution in [0.1, 0.15) is 51.9 Å². The van der Waals surface area contributed by atoms with Gasteiger partial charge in [0.25, 0.3) is 0 Å². The maximum atomic E-state index is 11.2. The summed E-state index contributed by atoms with van der Waals surface area (Å²) in [6, 6.07) is 0.802. The van der Waals surface area contributed by atoms with E-state index in [1.54, 1.807) is 6.92 Å². The van der Waals surface area contributed by atoms with Crippen LogP contribution in [0.25, 0.3) is 0 Å². The molecule has 1 saturated carbocycles. The number of fused-ring (bicyclic) bond motifs is 1. The molecule has 0 radical (unpaired) electrons. The predicted molar refractivity (Wildman–Crippen MR) is 73.0 cm³/mol. The molecule has 0 spiro atoms. The number of carbonyl (C=O) groups is 1. The minimum Gasteiger partial charge on any atom is -0.368 e. The number of nitrogens with two attached hydrogens (primary N) is 2. The van der Waals surface area contributed by atoms with Crippen molar-refractivity contribution in [1.82, 2.24) is 4.90 Å². The third kappa shape index (κ3) is 3.04. The lowest BCUT2D eigenvalue weighted by Gasteiger charge is -2.32. The van der Waals surface area contributed by atoms with E-state index in [9.17, 15) is 4.79 Å². The van der Waals surface area contributed by atoms with Crippen LogP contribution in [0.15, 0.2) is 0 Å². The summed E-state index contributed by atoms with van der Waals surface area (Å²) in [5, 5.41) is 0. The lowest BCUT2D eigenvalue weighted by Crippen LogP contribution is -2.49. The van der Waals surface area contributed by atoms with Gasteiger partial charge in [-0.15, -0.1) is 0 Å². The van der Waals surface area contributed by atoms with Gasteiger partial charge < -0.3 is 16.4 Å². The van der Waals surface area contributed by atoms with E-state index in [0.29, 0.717) is 6.42 Å². The zero-order valence-corrected chi connectivity index (χ0v) is 11.5. The van der Waals surface area contributed by atoms with Crippen LogP contribution < -0.4 is 11.5 Å². The fourth-order valence-corrected chi connectivity index (χ4v) is 3.55. The van der Waals surface area contributed by atoms with Gasteiger partial charge in [-0.1, -0.05) is 12.8 Å². The molecular weight excluding hydrogens is 226 g/mol. The molecule has 2 fully saturated rings. The Labute approximate surface area is 110 Å². The highest BCUT2D eigenvalue weighted by Crippen LogP contribution is 2.36. The summed E-state index contributed by atoms with van der Waals surface area (Å²) < 4.78 is 0. The summed E-state index contributed by atoms with van der Waals surface area (Å²) in [6.45, 7) is 4.04. The number of primary amides is 1. The van der Waals surface area contributed by atoms with E-state index >= 15 is 0 Å². The van der Waals surface area contributed by atoms with Gasteiger partial charge in [-0.05, 0) is 58.0 Å². The molecular formula is C14H27N3O. The molecule has 1 aliphatic carbocycles. The average molecular weight is 253 g/mol. The van der Waals surface area contributed by atoms with Crippen LogP contribution in [0.2, 0.25) is 0 Å². The largest absolute Gasteiger partial charge is 0.368 e. The molecule has 3 atom stereocenters. The molecule has 4 nitrogen and oxygen atoms in total. The van der Waals surface area contributed by atoms with Crippen LogP contribution in [0, 0.1) is 5.92 Å². The molecule has 1 heterocycles. The molecule has 1 aliphatic heterocycles. The number of hydrogen-bond donors (Lipinski definition) is 2. The van der Waals surface area contributed by atoms with Gasteiger partial charge in [-0.2, -0.15) is 0 Å². The molecule has 4 N–H and O–H groups in total. The molecule has 0 bridgehead atoms. The van der Waals surface area contributed by atoms with Crippen LogP contribution in [0.5, 0.6) is 0 Å². The van der Waals surface area contributed by atoms with Crippen molar-refractivity contribution in [3.63, 3.8) is 0 Å². The van der Waals surface area contributed by atoms with Crippen molar-refractivity contribution in [3.8, 4) is 0 Å². The topological polar surface area (TPSA) is 72.3 Å². The first kappa shape index (κ1) is 13.8. The summed E-state index contributed by atoms with van der Waals surface area (Å²) in [5.41, 5.74) is 10.3. The standard InChI is InChI=1S/C14H27N3O/c1-14(16,13(15)18)8-4-9-17-10-7-11-5-2-3-6-12(11)17/h11-12H,2-10,16H2,1H3,(H2,15,18). The maximum absolute atomic E-state index is 11.2. The third-order valence-electron chi connectivity index (χ3n) is 4.83. The van der Waals surface area contributed by atoms with E-state index in [0.717, 1.165) is 24.9 Å². The van der Waals surface area contributed by atoms with Gasteiger partial charge >= 0.3 is 0 Å². The Morgan fingerprint density at radius 3 is 2.78 bits per heavy atom. The summed E-state index contributed by atoms with van der Waals surface area (Å²) in [5.74, 6) is 0.540. The summed E-state index contributed by atoms with van der Waals surface area (Å²) in [4.78, 5) is 13.8. The van der Waals surface area contributed by atoms with E-state index in [1.807, 2.05) is 0 Å². The molecule has 104 valence electrons. The van der Waals surface area contributed by atoms with Crippen molar-refractivity contribution >= 4 is 5.91 Å². The zero-order chi connectivity index (χ0) is 13.2. The smallest absolute Gasteiger partial charge is 0.237 e. The van der Waals surface area contributed by atoms with Gasteiger partial charge in [0.15, 0.2) is 0 Å². The number of carbonyl (C=O) groups excluding carboxylic acids is 1. The van der Waals surface area contributed by atoms with Crippen molar-refractivity contribution in [3.05, 3.63) is 0 Å². The van der Waals surface area contributed by atoms with Crippen molar-refractivity contribution in [2.45, 2.75) is 63.5 Å². The summed E-state index contributed by atoms with van der Waals surface area (Å²) in [6.07, 6.45) is 8.60. The SMILES string of the molecule is CC(N)(CCCN1CCC2CCCCC21)C(N)=O. The maximum Gasteiger partial charge on any atom is 0.237 e. The van der Waals surface area contributed by atoms with Crippen LogP contribution in [0.4, 0.5) is 0 Å². The molecule has 2 rings (SSSR count). The molecule has 4 heteroatoms. The van der Waals surface area contributed by atoms with Crippen LogP contribution in [-0.4, -0.2) is 35.5 Å². The number of likely N-dealkylation sites (tertiary alicyclic amines) is 1. The highest BCUT2D eigenvalue weighted by molar-refractivity contribution is 5.83. The minimum absolute atomic E-state index is 0.389. The minimum atomic E-state index is -0.842. The molecule has 3 unspecified atom stereocenters. The number of amides is 1. The van der Waals surface area contributed by atoms with Crippen LogP contribution >= 0.6 is 0 Å². The Hall–Kier alpha value is -0.610. The first-order valence-corrected chi connectivity index (χ1v) is 7.33. The van der Waals surface area contributed by atoms with Gasteiger partial charge in [-0.3, -0.25) is 4.79 Å². The second-order valence-electron chi connectivity index (χ2n) is 6.32. The monoisotopic (exact) mass is 253 g/mol. The normalized spacial score (nSPS) is 31.9. The Kier molecular flexibility index (Phi) is 4.28. The molecule has 0 aromatic carbocycles. The van der Waals surface area contributed by atoms with Crippen LogP contribution in [-0.2, 0) is 4.79 Å². The predicted octanol–water partition coefficient (Wildman–Crippen LogP) is 1.23.